The smallest absolute Gasteiger partial charge is 0.0701 e. The summed E-state index contributed by atoms with van der Waals surface area (Å²) < 4.78 is 0. The van der Waals surface area contributed by atoms with E-state index in [1.807, 2.05) is 6.20 Å². The van der Waals surface area contributed by atoms with Crippen LogP contribution in [0.1, 0.15) is 5.56 Å². The minimum absolute atomic E-state index is 0.243. The van der Waals surface area contributed by atoms with Crippen molar-refractivity contribution in [2.75, 3.05) is 39.3 Å². The molecule has 130 valence electrons. The zero-order valence-corrected chi connectivity index (χ0v) is 14.4. The van der Waals surface area contributed by atoms with Crippen LogP contribution in [-0.2, 0) is 6.54 Å². The molecule has 0 bridgehead atoms. The molecule has 2 N–H and O–H groups in total. The van der Waals surface area contributed by atoms with Gasteiger partial charge in [0.2, 0.25) is 0 Å². The quantitative estimate of drug-likeness (QED) is 0.751. The summed E-state index contributed by atoms with van der Waals surface area (Å²) in [7, 11) is 0. The minimum atomic E-state index is 0.243. The highest BCUT2D eigenvalue weighted by molar-refractivity contribution is 5.96. The standard InChI is InChI=1S/C20H24N4O/c25-13-12-23-8-10-24(11-9-23)15-17-14-21-22-20(17)19-7-3-5-16-4-1-2-6-18(16)19/h1-7,14,25H,8-13,15H2,(H,21,22). The largest absolute Gasteiger partial charge is 0.395 e. The molecule has 0 aliphatic carbocycles. The second kappa shape index (κ2) is 7.35. The molecule has 1 aliphatic rings. The molecule has 1 aromatic heterocycles. The number of β-amino-alcohol motifs (C(OH)–C–C–N with tert-alkyl or cyclic N) is 1. The zero-order chi connectivity index (χ0) is 17.1. The summed E-state index contributed by atoms with van der Waals surface area (Å²) in [6, 6.07) is 14.9. The van der Waals surface area contributed by atoms with E-state index in [9.17, 15) is 0 Å². The molecule has 0 atom stereocenters. The number of fused-ring (bicyclic) bond motifs is 1. The first-order valence-corrected chi connectivity index (χ1v) is 8.91. The second-order valence-corrected chi connectivity index (χ2v) is 6.64. The van der Waals surface area contributed by atoms with E-state index in [-0.39, 0.29) is 6.61 Å². The van der Waals surface area contributed by atoms with Crippen molar-refractivity contribution in [2.45, 2.75) is 6.54 Å². The van der Waals surface area contributed by atoms with E-state index in [4.69, 9.17) is 5.11 Å². The first kappa shape index (κ1) is 16.3. The van der Waals surface area contributed by atoms with E-state index in [1.165, 1.54) is 21.9 Å². The van der Waals surface area contributed by atoms with Gasteiger partial charge in [-0.05, 0) is 10.8 Å². The lowest BCUT2D eigenvalue weighted by Crippen LogP contribution is -2.46. The van der Waals surface area contributed by atoms with Gasteiger partial charge < -0.3 is 5.11 Å². The molecule has 1 saturated heterocycles. The fourth-order valence-corrected chi connectivity index (χ4v) is 3.66. The Bertz CT molecular complexity index is 831. The highest BCUT2D eigenvalue weighted by Gasteiger charge is 2.19. The molecule has 5 nitrogen and oxygen atoms in total. The zero-order valence-electron chi connectivity index (χ0n) is 14.4. The number of rotatable bonds is 5. The van der Waals surface area contributed by atoms with E-state index in [1.54, 1.807) is 0 Å². The van der Waals surface area contributed by atoms with E-state index >= 15 is 0 Å². The molecule has 25 heavy (non-hydrogen) atoms. The first-order valence-electron chi connectivity index (χ1n) is 8.91. The molecule has 0 spiro atoms. The molecule has 1 aliphatic heterocycles. The minimum Gasteiger partial charge on any atom is -0.395 e. The van der Waals surface area contributed by atoms with Crippen LogP contribution in [0.15, 0.2) is 48.7 Å². The van der Waals surface area contributed by atoms with Gasteiger partial charge in [-0.15, -0.1) is 0 Å². The van der Waals surface area contributed by atoms with Gasteiger partial charge in [-0.1, -0.05) is 42.5 Å². The maximum atomic E-state index is 9.07. The Morgan fingerprint density at radius 3 is 2.56 bits per heavy atom. The van der Waals surface area contributed by atoms with Crippen LogP contribution in [0.2, 0.25) is 0 Å². The highest BCUT2D eigenvalue weighted by atomic mass is 16.3. The van der Waals surface area contributed by atoms with E-state index < -0.39 is 0 Å². The lowest BCUT2D eigenvalue weighted by Gasteiger charge is -2.34. The van der Waals surface area contributed by atoms with Gasteiger partial charge in [-0.3, -0.25) is 14.9 Å². The molecule has 0 amide bonds. The number of nitrogens with one attached hydrogen (secondary N) is 1. The molecule has 1 fully saturated rings. The predicted octanol–water partition coefficient (Wildman–Crippen LogP) is 2.34. The first-order chi connectivity index (χ1) is 12.3. The summed E-state index contributed by atoms with van der Waals surface area (Å²) >= 11 is 0. The van der Waals surface area contributed by atoms with Crippen molar-refractivity contribution in [2.24, 2.45) is 0 Å². The van der Waals surface area contributed by atoms with Gasteiger partial charge in [0, 0.05) is 50.4 Å². The number of hydrogen-bond donors (Lipinski definition) is 2. The number of aromatic amines is 1. The number of aliphatic hydroxyl groups is 1. The van der Waals surface area contributed by atoms with Crippen LogP contribution in [0.4, 0.5) is 0 Å². The fourth-order valence-electron chi connectivity index (χ4n) is 3.66. The molecule has 2 heterocycles. The van der Waals surface area contributed by atoms with Crippen LogP contribution in [0.5, 0.6) is 0 Å². The van der Waals surface area contributed by atoms with Crippen LogP contribution in [0.25, 0.3) is 22.0 Å². The van der Waals surface area contributed by atoms with Gasteiger partial charge in [-0.25, -0.2) is 0 Å². The average Bonchev–Trinajstić information content (AvgIpc) is 3.11. The number of piperazine rings is 1. The Labute approximate surface area is 147 Å². The Hall–Kier alpha value is -2.21. The third-order valence-corrected chi connectivity index (χ3v) is 5.05. The number of benzene rings is 2. The molecule has 0 radical (unpaired) electrons. The van der Waals surface area contributed by atoms with Crippen molar-refractivity contribution in [1.29, 1.82) is 0 Å². The van der Waals surface area contributed by atoms with Crippen LogP contribution in [0, 0.1) is 0 Å². The number of aromatic nitrogens is 2. The van der Waals surface area contributed by atoms with Crippen LogP contribution in [-0.4, -0.2) is 64.4 Å². The number of nitrogens with zero attached hydrogens (tertiary/aromatic N) is 3. The third kappa shape index (κ3) is 3.44. The highest BCUT2D eigenvalue weighted by Crippen LogP contribution is 2.30. The molecule has 4 rings (SSSR count). The summed E-state index contributed by atoms with van der Waals surface area (Å²) in [5, 5.41) is 19.1. The number of hydrogen-bond acceptors (Lipinski definition) is 4. The SMILES string of the molecule is OCCN1CCN(Cc2cn[nH]c2-c2cccc3ccccc23)CC1. The monoisotopic (exact) mass is 336 g/mol. The Morgan fingerprint density at radius 2 is 1.72 bits per heavy atom. The van der Waals surface area contributed by atoms with Crippen molar-refractivity contribution < 1.29 is 5.11 Å². The molecule has 5 heteroatoms. The lowest BCUT2D eigenvalue weighted by atomic mass is 10.00. The normalized spacial score (nSPS) is 16.5. The van der Waals surface area contributed by atoms with E-state index in [0.717, 1.165) is 45.0 Å². The Balaban J connectivity index is 1.55. The molecule has 0 saturated carbocycles. The van der Waals surface area contributed by atoms with E-state index in [2.05, 4.69) is 62.5 Å². The van der Waals surface area contributed by atoms with Crippen molar-refractivity contribution in [3.8, 4) is 11.3 Å². The Morgan fingerprint density at radius 1 is 0.960 bits per heavy atom. The molecule has 0 unspecified atom stereocenters. The summed E-state index contributed by atoms with van der Waals surface area (Å²) in [4.78, 5) is 4.78. The topological polar surface area (TPSA) is 55.4 Å². The van der Waals surface area contributed by atoms with Crippen molar-refractivity contribution in [1.82, 2.24) is 20.0 Å². The fraction of sp³-hybridized carbons (Fsp3) is 0.350. The maximum Gasteiger partial charge on any atom is 0.0701 e. The summed E-state index contributed by atoms with van der Waals surface area (Å²) in [5.74, 6) is 0. The summed E-state index contributed by atoms with van der Waals surface area (Å²) in [6.45, 7) is 6.01. The summed E-state index contributed by atoms with van der Waals surface area (Å²) in [6.07, 6.45) is 1.96. The van der Waals surface area contributed by atoms with Crippen molar-refractivity contribution in [3.05, 3.63) is 54.2 Å². The molecular formula is C20H24N4O. The second-order valence-electron chi connectivity index (χ2n) is 6.64. The van der Waals surface area contributed by atoms with Crippen LogP contribution in [0.3, 0.4) is 0 Å². The molecular weight excluding hydrogens is 312 g/mol. The van der Waals surface area contributed by atoms with Gasteiger partial charge in [-0.2, -0.15) is 5.10 Å². The van der Waals surface area contributed by atoms with Gasteiger partial charge in [0.15, 0.2) is 0 Å². The molecule has 2 aromatic carbocycles. The molecule has 3 aromatic rings. The van der Waals surface area contributed by atoms with Gasteiger partial charge in [0.25, 0.3) is 0 Å². The maximum absolute atomic E-state index is 9.07. The predicted molar refractivity (Wildman–Crippen MR) is 100 cm³/mol. The number of aliphatic hydroxyl groups excluding tert-OH is 1. The Kier molecular flexibility index (Phi) is 4.78. The van der Waals surface area contributed by atoms with Crippen molar-refractivity contribution in [3.63, 3.8) is 0 Å². The van der Waals surface area contributed by atoms with E-state index in [0.29, 0.717) is 0 Å². The average molecular weight is 336 g/mol. The van der Waals surface area contributed by atoms with Crippen LogP contribution >= 0.6 is 0 Å². The van der Waals surface area contributed by atoms with Crippen LogP contribution < -0.4 is 0 Å². The summed E-state index contributed by atoms with van der Waals surface area (Å²) in [5.41, 5.74) is 3.58. The lowest BCUT2D eigenvalue weighted by molar-refractivity contribution is 0.108. The third-order valence-electron chi connectivity index (χ3n) is 5.05. The van der Waals surface area contributed by atoms with Crippen molar-refractivity contribution >= 4 is 10.8 Å². The van der Waals surface area contributed by atoms with Gasteiger partial charge in [0.1, 0.15) is 0 Å². The van der Waals surface area contributed by atoms with Gasteiger partial charge >= 0.3 is 0 Å². The van der Waals surface area contributed by atoms with Gasteiger partial charge in [0.05, 0.1) is 18.5 Å². The number of H-pyrrole nitrogens is 1.